The van der Waals surface area contributed by atoms with Gasteiger partial charge in [-0.3, -0.25) is 9.78 Å². The molecule has 34 heavy (non-hydrogen) atoms. The summed E-state index contributed by atoms with van der Waals surface area (Å²) in [6, 6.07) is 26.3. The topological polar surface area (TPSA) is 70.4 Å². The van der Waals surface area contributed by atoms with Crippen LogP contribution in [0, 0.1) is 0 Å². The Bertz CT molecular complexity index is 1300. The molecular weight excluding hydrogens is 512 g/mol. The Balaban J connectivity index is 1.46. The molecule has 0 spiro atoms. The predicted molar refractivity (Wildman–Crippen MR) is 139 cm³/mol. The number of aromatic nitrogens is 1. The fourth-order valence-electron chi connectivity index (χ4n) is 4.04. The standard InChI is InChI=1S/C26H21BrN4O2S/c27-18-11-9-17(10-12-18)21-13-14-22(33-21)25-24(20-8-4-5-15-28-20)30-26(34)31(25)16-23(32)29-19-6-2-1-3-7-19/h1-15,24-25H,16H2,(H,29,32)(H,30,34)/t24-,25+/m0/s1. The summed E-state index contributed by atoms with van der Waals surface area (Å²) in [6.07, 6.45) is 1.75. The van der Waals surface area contributed by atoms with Crippen molar-refractivity contribution in [3.63, 3.8) is 0 Å². The summed E-state index contributed by atoms with van der Waals surface area (Å²) < 4.78 is 7.31. The molecule has 2 aromatic carbocycles. The lowest BCUT2D eigenvalue weighted by Gasteiger charge is -2.25. The molecule has 2 atom stereocenters. The Labute approximate surface area is 211 Å². The van der Waals surface area contributed by atoms with E-state index in [2.05, 4.69) is 31.5 Å². The van der Waals surface area contributed by atoms with Gasteiger partial charge >= 0.3 is 0 Å². The third kappa shape index (κ3) is 4.73. The van der Waals surface area contributed by atoms with Gasteiger partial charge in [0.15, 0.2) is 5.11 Å². The quantitative estimate of drug-likeness (QED) is 0.309. The number of amides is 1. The van der Waals surface area contributed by atoms with Crippen LogP contribution in [0.4, 0.5) is 5.69 Å². The number of nitrogens with one attached hydrogen (secondary N) is 2. The first-order chi connectivity index (χ1) is 16.6. The van der Waals surface area contributed by atoms with Crippen LogP contribution < -0.4 is 10.6 Å². The highest BCUT2D eigenvalue weighted by atomic mass is 79.9. The van der Waals surface area contributed by atoms with Crippen LogP contribution in [0.3, 0.4) is 0 Å². The van der Waals surface area contributed by atoms with E-state index in [1.807, 2.05) is 89.8 Å². The van der Waals surface area contributed by atoms with Crippen LogP contribution in [0.25, 0.3) is 11.3 Å². The molecule has 4 aromatic rings. The number of carbonyl (C=O) groups is 1. The molecule has 5 rings (SSSR count). The normalized spacial score (nSPS) is 17.4. The number of nitrogens with zero attached hydrogens (tertiary/aromatic N) is 2. The lowest BCUT2D eigenvalue weighted by Crippen LogP contribution is -2.36. The van der Waals surface area contributed by atoms with Gasteiger partial charge in [0.25, 0.3) is 0 Å². The van der Waals surface area contributed by atoms with E-state index in [1.54, 1.807) is 6.20 Å². The Kier molecular flexibility index (Phi) is 6.42. The second-order valence-corrected chi connectivity index (χ2v) is 9.18. The summed E-state index contributed by atoms with van der Waals surface area (Å²) in [7, 11) is 0. The van der Waals surface area contributed by atoms with E-state index in [-0.39, 0.29) is 24.5 Å². The number of halogens is 1. The van der Waals surface area contributed by atoms with Crippen LogP contribution >= 0.6 is 28.1 Å². The Hall–Kier alpha value is -3.49. The van der Waals surface area contributed by atoms with Crippen LogP contribution in [0.2, 0.25) is 0 Å². The summed E-state index contributed by atoms with van der Waals surface area (Å²) in [5, 5.41) is 6.75. The van der Waals surface area contributed by atoms with Gasteiger partial charge in [-0.1, -0.05) is 52.3 Å². The van der Waals surface area contributed by atoms with Crippen molar-refractivity contribution in [3.05, 3.63) is 107 Å². The van der Waals surface area contributed by atoms with Gasteiger partial charge in [-0.05, 0) is 60.7 Å². The predicted octanol–water partition coefficient (Wildman–Crippen LogP) is 5.72. The van der Waals surface area contributed by atoms with Crippen LogP contribution in [0.15, 0.2) is 100 Å². The van der Waals surface area contributed by atoms with E-state index in [4.69, 9.17) is 16.6 Å². The van der Waals surface area contributed by atoms with Gasteiger partial charge in [-0.15, -0.1) is 0 Å². The van der Waals surface area contributed by atoms with E-state index in [9.17, 15) is 4.79 Å². The van der Waals surface area contributed by atoms with Gasteiger partial charge in [-0.2, -0.15) is 0 Å². The van der Waals surface area contributed by atoms with Crippen molar-refractivity contribution in [3.8, 4) is 11.3 Å². The molecule has 3 heterocycles. The van der Waals surface area contributed by atoms with Crippen molar-refractivity contribution >= 4 is 44.9 Å². The number of rotatable bonds is 6. The average molecular weight is 533 g/mol. The van der Waals surface area contributed by atoms with Gasteiger partial charge in [-0.25, -0.2) is 0 Å². The largest absolute Gasteiger partial charge is 0.459 e. The maximum atomic E-state index is 12.9. The van der Waals surface area contributed by atoms with E-state index >= 15 is 0 Å². The van der Waals surface area contributed by atoms with Crippen molar-refractivity contribution < 1.29 is 9.21 Å². The van der Waals surface area contributed by atoms with E-state index in [1.165, 1.54) is 0 Å². The second-order valence-electron chi connectivity index (χ2n) is 7.88. The molecule has 1 aliphatic rings. The molecule has 1 fully saturated rings. The summed E-state index contributed by atoms with van der Waals surface area (Å²) in [5.74, 6) is 1.28. The van der Waals surface area contributed by atoms with Gasteiger partial charge in [0.1, 0.15) is 24.1 Å². The zero-order valence-corrected chi connectivity index (χ0v) is 20.4. The number of thiocarbonyl (C=S) groups is 1. The second kappa shape index (κ2) is 9.79. The molecular formula is C26H21BrN4O2S. The number of hydrogen-bond acceptors (Lipinski definition) is 4. The number of para-hydroxylation sites is 1. The minimum atomic E-state index is -0.340. The Morgan fingerprint density at radius 3 is 2.53 bits per heavy atom. The zero-order chi connectivity index (χ0) is 23.5. The zero-order valence-electron chi connectivity index (χ0n) is 18.0. The minimum Gasteiger partial charge on any atom is -0.459 e. The highest BCUT2D eigenvalue weighted by Gasteiger charge is 2.42. The maximum absolute atomic E-state index is 12.9. The van der Waals surface area contributed by atoms with E-state index < -0.39 is 0 Å². The monoisotopic (exact) mass is 532 g/mol. The molecule has 6 nitrogen and oxygen atoms in total. The third-order valence-corrected chi connectivity index (χ3v) is 6.50. The van der Waals surface area contributed by atoms with Gasteiger partial charge in [0, 0.05) is 21.9 Å². The first kappa shape index (κ1) is 22.3. The van der Waals surface area contributed by atoms with Crippen molar-refractivity contribution in [1.82, 2.24) is 15.2 Å². The maximum Gasteiger partial charge on any atom is 0.244 e. The molecule has 2 aromatic heterocycles. The number of anilines is 1. The number of benzene rings is 2. The fourth-order valence-corrected chi connectivity index (χ4v) is 4.61. The van der Waals surface area contributed by atoms with Crippen molar-refractivity contribution in [2.45, 2.75) is 12.1 Å². The van der Waals surface area contributed by atoms with Gasteiger partial charge < -0.3 is 20.0 Å². The lowest BCUT2D eigenvalue weighted by molar-refractivity contribution is -0.116. The molecule has 8 heteroatoms. The molecule has 170 valence electrons. The van der Waals surface area contributed by atoms with Crippen molar-refractivity contribution in [2.24, 2.45) is 0 Å². The lowest BCUT2D eigenvalue weighted by atomic mass is 10.0. The van der Waals surface area contributed by atoms with Gasteiger partial charge in [0.2, 0.25) is 5.91 Å². The van der Waals surface area contributed by atoms with E-state index in [0.29, 0.717) is 10.9 Å². The van der Waals surface area contributed by atoms with Crippen LogP contribution in [-0.2, 0) is 4.79 Å². The third-order valence-electron chi connectivity index (χ3n) is 5.62. The minimum absolute atomic E-state index is 0.0725. The molecule has 2 N–H and O–H groups in total. The van der Waals surface area contributed by atoms with E-state index in [0.717, 1.165) is 27.2 Å². The van der Waals surface area contributed by atoms with Gasteiger partial charge in [0.05, 0.1) is 11.7 Å². The molecule has 0 radical (unpaired) electrons. The summed E-state index contributed by atoms with van der Waals surface area (Å²) in [4.78, 5) is 19.3. The summed E-state index contributed by atoms with van der Waals surface area (Å²) in [6.45, 7) is 0.0725. The molecule has 1 amide bonds. The first-order valence-corrected chi connectivity index (χ1v) is 12.0. The molecule has 0 unspecified atom stereocenters. The van der Waals surface area contributed by atoms with Crippen molar-refractivity contribution in [1.29, 1.82) is 0 Å². The van der Waals surface area contributed by atoms with Crippen LogP contribution in [0.1, 0.15) is 23.5 Å². The molecule has 1 saturated heterocycles. The number of furan rings is 1. The summed E-state index contributed by atoms with van der Waals surface area (Å²) in [5.41, 5.74) is 2.52. The fraction of sp³-hybridized carbons (Fsp3) is 0.115. The number of pyridine rings is 1. The Morgan fingerprint density at radius 2 is 1.79 bits per heavy atom. The van der Waals surface area contributed by atoms with Crippen LogP contribution in [0.5, 0.6) is 0 Å². The smallest absolute Gasteiger partial charge is 0.244 e. The number of hydrogen-bond donors (Lipinski definition) is 2. The molecule has 1 aliphatic heterocycles. The van der Waals surface area contributed by atoms with Crippen molar-refractivity contribution in [2.75, 3.05) is 11.9 Å². The van der Waals surface area contributed by atoms with Crippen LogP contribution in [-0.4, -0.2) is 27.4 Å². The summed E-state index contributed by atoms with van der Waals surface area (Å²) >= 11 is 9.12. The highest BCUT2D eigenvalue weighted by Crippen LogP contribution is 2.40. The average Bonchev–Trinajstić information content (AvgIpc) is 3.46. The Morgan fingerprint density at radius 1 is 1.03 bits per heavy atom. The highest BCUT2D eigenvalue weighted by molar-refractivity contribution is 9.10. The number of carbonyl (C=O) groups excluding carboxylic acids is 1. The molecule has 0 bridgehead atoms. The first-order valence-electron chi connectivity index (χ1n) is 10.8. The SMILES string of the molecule is O=C(CN1C(=S)N[C@@H](c2ccccn2)[C@H]1c1ccc(-c2ccc(Br)cc2)o1)Nc1ccccc1. The molecule has 0 saturated carbocycles. The molecule has 0 aliphatic carbocycles.